The van der Waals surface area contributed by atoms with Gasteiger partial charge in [-0.15, -0.1) is 0 Å². The number of hydrogen-bond acceptors (Lipinski definition) is 6. The minimum atomic E-state index is 0.900. The second kappa shape index (κ2) is 16.1. The van der Waals surface area contributed by atoms with Crippen LogP contribution in [0.2, 0.25) is 0 Å². The second-order valence-electron chi connectivity index (χ2n) is 11.2. The van der Waals surface area contributed by atoms with E-state index in [1.54, 1.807) is 0 Å². The Labute approximate surface area is 271 Å². The summed E-state index contributed by atoms with van der Waals surface area (Å²) in [6, 6.07) is 43.2. The monoisotopic (exact) mass is 616 g/mol. The SMILES string of the molecule is C1=C(/C=C/C2=CCN(Cc3ccccc3)SN(Cc3ccccc3)C2)CN(Cc2ccccc2)SN(Cc2ccccc2)C1. The lowest BCUT2D eigenvalue weighted by atomic mass is 10.1. The van der Waals surface area contributed by atoms with Crippen molar-refractivity contribution in [3.05, 3.63) is 179 Å². The average molecular weight is 617 g/mol. The molecular weight excluding hydrogens is 577 g/mol. The van der Waals surface area contributed by atoms with Crippen LogP contribution in [0.4, 0.5) is 0 Å². The van der Waals surface area contributed by atoms with Crippen molar-refractivity contribution in [3.63, 3.8) is 0 Å². The highest BCUT2D eigenvalue weighted by Gasteiger charge is 2.20. The maximum atomic E-state index is 2.49. The molecular formula is C38H40N4S2. The molecule has 0 bridgehead atoms. The summed E-state index contributed by atoms with van der Waals surface area (Å²) in [6.45, 7) is 7.25. The van der Waals surface area contributed by atoms with Gasteiger partial charge in [0.15, 0.2) is 0 Å². The summed E-state index contributed by atoms with van der Waals surface area (Å²) < 4.78 is 9.90. The van der Waals surface area contributed by atoms with Crippen molar-refractivity contribution in [3.8, 4) is 0 Å². The molecule has 224 valence electrons. The fraction of sp³-hybridized carbons (Fsp3) is 0.211. The molecule has 0 amide bonds. The van der Waals surface area contributed by atoms with Crippen molar-refractivity contribution in [1.82, 2.24) is 17.2 Å². The van der Waals surface area contributed by atoms with Crippen molar-refractivity contribution in [2.45, 2.75) is 26.2 Å². The first kappa shape index (κ1) is 30.7. The highest BCUT2D eigenvalue weighted by molar-refractivity contribution is 7.94. The van der Waals surface area contributed by atoms with Gasteiger partial charge in [0, 0.05) is 76.6 Å². The molecule has 2 aliphatic heterocycles. The molecule has 0 aromatic heterocycles. The Bertz CT molecular complexity index is 1410. The largest absolute Gasteiger partial charge is 0.229 e. The molecule has 0 saturated carbocycles. The van der Waals surface area contributed by atoms with Gasteiger partial charge in [0.25, 0.3) is 0 Å². The molecule has 0 aliphatic carbocycles. The quantitative estimate of drug-likeness (QED) is 0.164. The highest BCUT2D eigenvalue weighted by Crippen LogP contribution is 2.29. The van der Waals surface area contributed by atoms with Crippen LogP contribution in [0.15, 0.2) is 157 Å². The Balaban J connectivity index is 1.19. The normalized spacial score (nSPS) is 17.6. The van der Waals surface area contributed by atoms with Crippen LogP contribution in [0.1, 0.15) is 22.3 Å². The third kappa shape index (κ3) is 9.57. The van der Waals surface area contributed by atoms with E-state index in [9.17, 15) is 0 Å². The third-order valence-electron chi connectivity index (χ3n) is 7.61. The van der Waals surface area contributed by atoms with Gasteiger partial charge < -0.3 is 0 Å². The third-order valence-corrected chi connectivity index (χ3v) is 9.61. The topological polar surface area (TPSA) is 13.0 Å². The summed E-state index contributed by atoms with van der Waals surface area (Å²) >= 11 is 3.72. The van der Waals surface area contributed by atoms with Gasteiger partial charge in [-0.3, -0.25) is 0 Å². The van der Waals surface area contributed by atoms with Gasteiger partial charge in [-0.05, 0) is 33.4 Å². The van der Waals surface area contributed by atoms with Crippen molar-refractivity contribution in [2.75, 3.05) is 26.2 Å². The predicted molar refractivity (Wildman–Crippen MR) is 188 cm³/mol. The van der Waals surface area contributed by atoms with E-state index in [4.69, 9.17) is 0 Å². The van der Waals surface area contributed by atoms with E-state index in [0.717, 1.165) is 52.4 Å². The first-order chi connectivity index (χ1) is 21.7. The highest BCUT2D eigenvalue weighted by atomic mass is 32.2. The minimum Gasteiger partial charge on any atom is -0.229 e. The van der Waals surface area contributed by atoms with Gasteiger partial charge >= 0.3 is 0 Å². The van der Waals surface area contributed by atoms with Crippen LogP contribution in [-0.2, 0) is 26.2 Å². The van der Waals surface area contributed by atoms with Crippen LogP contribution in [0.25, 0.3) is 0 Å². The molecule has 4 aromatic rings. The average Bonchev–Trinajstić information content (AvgIpc) is 3.37. The first-order valence-corrected chi connectivity index (χ1v) is 16.8. The van der Waals surface area contributed by atoms with Crippen molar-refractivity contribution in [2.24, 2.45) is 0 Å². The molecule has 2 aliphatic rings. The molecule has 6 rings (SSSR count). The van der Waals surface area contributed by atoms with Crippen LogP contribution in [-0.4, -0.2) is 43.4 Å². The Hall–Kier alpha value is -3.36. The van der Waals surface area contributed by atoms with Gasteiger partial charge in [-0.1, -0.05) is 146 Å². The summed E-state index contributed by atoms with van der Waals surface area (Å²) in [5.41, 5.74) is 8.07. The lowest BCUT2D eigenvalue weighted by Crippen LogP contribution is -2.24. The molecule has 0 atom stereocenters. The standard InChI is InChI=1S/C38H40N4S2/c1-5-13-33(14-6-1)27-39-25-23-37(31-41(43-39)29-35-17-9-3-10-18-35)21-22-38-24-26-40(28-34-15-7-2-8-16-34)44-42(32-38)30-36-19-11-4-12-20-36/h1-24H,25-32H2/b22-21+. The van der Waals surface area contributed by atoms with Gasteiger partial charge in [0.2, 0.25) is 0 Å². The number of nitrogens with zero attached hydrogens (tertiary/aromatic N) is 4. The van der Waals surface area contributed by atoms with E-state index in [1.165, 1.54) is 33.4 Å². The summed E-state index contributed by atoms with van der Waals surface area (Å²) in [5.74, 6) is 0. The fourth-order valence-corrected chi connectivity index (χ4v) is 7.56. The molecule has 2 heterocycles. The van der Waals surface area contributed by atoms with Crippen molar-refractivity contribution < 1.29 is 0 Å². The molecule has 0 spiro atoms. The lowest BCUT2D eigenvalue weighted by Gasteiger charge is -2.26. The predicted octanol–water partition coefficient (Wildman–Crippen LogP) is 8.56. The summed E-state index contributed by atoms with van der Waals surface area (Å²) in [4.78, 5) is 0. The maximum absolute atomic E-state index is 2.49. The van der Waals surface area contributed by atoms with Crippen LogP contribution in [0.3, 0.4) is 0 Å². The van der Waals surface area contributed by atoms with E-state index >= 15 is 0 Å². The van der Waals surface area contributed by atoms with E-state index in [-0.39, 0.29) is 0 Å². The molecule has 44 heavy (non-hydrogen) atoms. The molecule has 0 unspecified atom stereocenters. The van der Waals surface area contributed by atoms with Crippen molar-refractivity contribution in [1.29, 1.82) is 0 Å². The zero-order valence-corrected chi connectivity index (χ0v) is 26.8. The fourth-order valence-electron chi connectivity index (χ4n) is 5.39. The zero-order valence-electron chi connectivity index (χ0n) is 25.1. The summed E-state index contributed by atoms with van der Waals surface area (Å²) in [7, 11) is 0. The van der Waals surface area contributed by atoms with Crippen LogP contribution < -0.4 is 0 Å². The first-order valence-electron chi connectivity index (χ1n) is 15.3. The summed E-state index contributed by atoms with van der Waals surface area (Å²) in [6.07, 6.45) is 9.53. The maximum Gasteiger partial charge on any atom is 0.0356 e. The second-order valence-corrected chi connectivity index (χ2v) is 13.6. The van der Waals surface area contributed by atoms with E-state index < -0.39 is 0 Å². The molecule has 0 N–H and O–H groups in total. The number of rotatable bonds is 10. The summed E-state index contributed by atoms with van der Waals surface area (Å²) in [5, 5.41) is 0. The van der Waals surface area contributed by atoms with Crippen LogP contribution in [0, 0.1) is 0 Å². The Morgan fingerprint density at radius 1 is 0.409 bits per heavy atom. The van der Waals surface area contributed by atoms with E-state index in [0.29, 0.717) is 0 Å². The Morgan fingerprint density at radius 3 is 1.02 bits per heavy atom. The molecule has 6 heteroatoms. The smallest absolute Gasteiger partial charge is 0.0356 e. The molecule has 0 radical (unpaired) electrons. The molecule has 4 nitrogen and oxygen atoms in total. The number of hydrogen-bond donors (Lipinski definition) is 0. The molecule has 0 saturated heterocycles. The Kier molecular flexibility index (Phi) is 11.2. The van der Waals surface area contributed by atoms with Gasteiger partial charge in [0.05, 0.1) is 0 Å². The number of benzene rings is 4. The lowest BCUT2D eigenvalue weighted by molar-refractivity contribution is 0.454. The molecule has 0 fully saturated rings. The van der Waals surface area contributed by atoms with Crippen molar-refractivity contribution >= 4 is 24.3 Å². The van der Waals surface area contributed by atoms with Crippen LogP contribution in [0.5, 0.6) is 0 Å². The Morgan fingerprint density at radius 2 is 0.705 bits per heavy atom. The van der Waals surface area contributed by atoms with Gasteiger partial charge in [-0.2, -0.15) is 0 Å². The molecule has 4 aromatic carbocycles. The van der Waals surface area contributed by atoms with E-state index in [2.05, 4.69) is 163 Å². The van der Waals surface area contributed by atoms with Gasteiger partial charge in [0.1, 0.15) is 0 Å². The minimum absolute atomic E-state index is 0.900. The zero-order chi connectivity index (χ0) is 29.8. The van der Waals surface area contributed by atoms with E-state index in [1.807, 2.05) is 24.3 Å². The van der Waals surface area contributed by atoms with Gasteiger partial charge in [-0.25, -0.2) is 17.2 Å². The van der Waals surface area contributed by atoms with Crippen LogP contribution >= 0.6 is 24.3 Å².